The molecule has 8 nitrogen and oxygen atoms in total. The average molecular weight is 396 g/mol. The van der Waals surface area contributed by atoms with Gasteiger partial charge in [-0.05, 0) is 44.1 Å². The summed E-state index contributed by atoms with van der Waals surface area (Å²) >= 11 is 0. The molecule has 0 atom stereocenters. The minimum absolute atomic E-state index is 0.328. The Hall–Kier alpha value is -2.48. The van der Waals surface area contributed by atoms with Crippen molar-refractivity contribution in [2.75, 3.05) is 48.3 Å². The van der Waals surface area contributed by atoms with Crippen molar-refractivity contribution < 1.29 is 4.74 Å². The summed E-state index contributed by atoms with van der Waals surface area (Å²) in [4.78, 5) is 23.2. The molecule has 29 heavy (non-hydrogen) atoms. The second kappa shape index (κ2) is 7.40. The van der Waals surface area contributed by atoms with Crippen LogP contribution in [0.4, 0.5) is 17.7 Å². The van der Waals surface area contributed by atoms with Crippen molar-refractivity contribution in [2.45, 2.75) is 51.0 Å². The molecule has 2 aromatic heterocycles. The molecule has 5 heterocycles. The van der Waals surface area contributed by atoms with Gasteiger partial charge in [0.2, 0.25) is 11.9 Å². The fourth-order valence-electron chi connectivity index (χ4n) is 4.77. The van der Waals surface area contributed by atoms with Crippen LogP contribution in [-0.2, 0) is 23.2 Å². The van der Waals surface area contributed by atoms with Crippen molar-refractivity contribution in [1.82, 2.24) is 19.9 Å². The molecule has 5 rings (SSSR count). The Morgan fingerprint density at radius 3 is 2.62 bits per heavy atom. The first-order valence-electron chi connectivity index (χ1n) is 10.8. The number of nitrogen functional groups attached to an aromatic ring is 1. The predicted molar refractivity (Wildman–Crippen MR) is 112 cm³/mol. The Kier molecular flexibility index (Phi) is 4.73. The van der Waals surface area contributed by atoms with Gasteiger partial charge in [-0.1, -0.05) is 6.92 Å². The third kappa shape index (κ3) is 3.39. The molecule has 0 bridgehead atoms. The Bertz CT molecular complexity index is 889. The summed E-state index contributed by atoms with van der Waals surface area (Å²) in [5.41, 5.74) is 8.81. The number of aromatic nitrogens is 4. The lowest BCUT2D eigenvalue weighted by atomic mass is 9.83. The van der Waals surface area contributed by atoms with Crippen LogP contribution in [0.25, 0.3) is 0 Å². The van der Waals surface area contributed by atoms with E-state index in [1.807, 2.05) is 6.20 Å². The van der Waals surface area contributed by atoms with Gasteiger partial charge in [0.15, 0.2) is 0 Å². The number of nitrogens with zero attached hydrogens (tertiary/aromatic N) is 6. The molecule has 0 aromatic carbocycles. The van der Waals surface area contributed by atoms with Crippen LogP contribution in [0.3, 0.4) is 0 Å². The number of ether oxygens (including phenoxy) is 1. The normalized spacial score (nSPS) is 20.9. The maximum Gasteiger partial charge on any atom is 0.227 e. The number of hydrogen-bond donors (Lipinski definition) is 1. The molecule has 2 fully saturated rings. The number of hydrogen-bond acceptors (Lipinski definition) is 8. The Labute approximate surface area is 171 Å². The fourth-order valence-corrected chi connectivity index (χ4v) is 4.77. The fraction of sp³-hybridized carbons (Fsp3) is 0.619. The molecule has 8 heteroatoms. The smallest absolute Gasteiger partial charge is 0.227 e. The molecule has 154 valence electrons. The van der Waals surface area contributed by atoms with E-state index in [0.29, 0.717) is 12.6 Å². The quantitative estimate of drug-likeness (QED) is 0.844. The van der Waals surface area contributed by atoms with E-state index in [-0.39, 0.29) is 5.60 Å². The van der Waals surface area contributed by atoms with E-state index in [2.05, 4.69) is 32.8 Å². The molecule has 0 saturated carbocycles. The third-order valence-electron chi connectivity index (χ3n) is 6.46. The largest absolute Gasteiger partial charge is 0.368 e. The first-order chi connectivity index (χ1) is 14.2. The topological polar surface area (TPSA) is 93.3 Å². The number of piperidine rings is 1. The second-order valence-corrected chi connectivity index (χ2v) is 8.25. The van der Waals surface area contributed by atoms with Crippen LogP contribution in [0.1, 0.15) is 49.6 Å². The van der Waals surface area contributed by atoms with Crippen molar-refractivity contribution in [2.24, 2.45) is 0 Å². The van der Waals surface area contributed by atoms with Gasteiger partial charge in [0.1, 0.15) is 11.4 Å². The lowest BCUT2D eigenvalue weighted by molar-refractivity contribution is -0.0801. The standard InChI is InChI=1S/C21H29N7O/c1-2-16-13-17(25-20(24-16)28-8-3-4-9-28)27-10-6-21(7-11-27)18-15(5-12-29-21)14-23-19(22)26-18/h13-14H,2-12H2,1H3,(H2,22,23,26). The zero-order valence-electron chi connectivity index (χ0n) is 17.1. The predicted octanol–water partition coefficient (Wildman–Crippen LogP) is 2.08. The van der Waals surface area contributed by atoms with E-state index in [1.165, 1.54) is 18.4 Å². The number of fused-ring (bicyclic) bond motifs is 2. The maximum absolute atomic E-state index is 6.31. The van der Waals surface area contributed by atoms with Gasteiger partial charge in [0.25, 0.3) is 0 Å². The highest BCUT2D eigenvalue weighted by atomic mass is 16.5. The zero-order chi connectivity index (χ0) is 19.8. The summed E-state index contributed by atoms with van der Waals surface area (Å²) in [6, 6.07) is 2.15. The van der Waals surface area contributed by atoms with Crippen molar-refractivity contribution in [1.29, 1.82) is 0 Å². The summed E-state index contributed by atoms with van der Waals surface area (Å²) in [5, 5.41) is 0. The highest BCUT2D eigenvalue weighted by molar-refractivity contribution is 5.47. The molecule has 3 aliphatic heterocycles. The molecule has 2 aromatic rings. The SMILES string of the molecule is CCc1cc(N2CCC3(CC2)OCCc2cnc(N)nc23)nc(N2CCCC2)n1. The molecule has 2 N–H and O–H groups in total. The van der Waals surface area contributed by atoms with Crippen LogP contribution < -0.4 is 15.5 Å². The van der Waals surface area contributed by atoms with E-state index in [1.54, 1.807) is 0 Å². The van der Waals surface area contributed by atoms with Gasteiger partial charge in [0.05, 0.1) is 12.3 Å². The summed E-state index contributed by atoms with van der Waals surface area (Å²) < 4.78 is 6.31. The van der Waals surface area contributed by atoms with Crippen LogP contribution in [0.2, 0.25) is 0 Å². The molecule has 0 unspecified atom stereocenters. The van der Waals surface area contributed by atoms with Crippen LogP contribution in [0.5, 0.6) is 0 Å². The first-order valence-corrected chi connectivity index (χ1v) is 10.8. The molecule has 0 radical (unpaired) electrons. The van der Waals surface area contributed by atoms with Crippen LogP contribution in [0.15, 0.2) is 12.3 Å². The minimum Gasteiger partial charge on any atom is -0.368 e. The molecule has 1 spiro atoms. The van der Waals surface area contributed by atoms with E-state index < -0.39 is 0 Å². The highest BCUT2D eigenvalue weighted by Crippen LogP contribution is 2.41. The average Bonchev–Trinajstić information content (AvgIpc) is 3.30. The second-order valence-electron chi connectivity index (χ2n) is 8.25. The van der Waals surface area contributed by atoms with E-state index >= 15 is 0 Å². The van der Waals surface area contributed by atoms with E-state index in [0.717, 1.165) is 75.0 Å². The Morgan fingerprint density at radius 2 is 1.86 bits per heavy atom. The van der Waals surface area contributed by atoms with Gasteiger partial charge < -0.3 is 20.3 Å². The minimum atomic E-state index is -0.348. The maximum atomic E-state index is 6.31. The van der Waals surface area contributed by atoms with Crippen molar-refractivity contribution >= 4 is 17.7 Å². The molecule has 0 amide bonds. The number of rotatable bonds is 3. The van der Waals surface area contributed by atoms with Crippen molar-refractivity contribution in [3.05, 3.63) is 29.2 Å². The van der Waals surface area contributed by atoms with Crippen LogP contribution in [0, 0.1) is 0 Å². The Morgan fingerprint density at radius 1 is 1.07 bits per heavy atom. The number of aryl methyl sites for hydroxylation is 1. The number of nitrogens with two attached hydrogens (primary N) is 1. The van der Waals surface area contributed by atoms with Gasteiger partial charge in [-0.25, -0.2) is 15.0 Å². The van der Waals surface area contributed by atoms with Crippen molar-refractivity contribution in [3.8, 4) is 0 Å². The van der Waals surface area contributed by atoms with Gasteiger partial charge in [0, 0.05) is 44.1 Å². The lowest BCUT2D eigenvalue weighted by Gasteiger charge is -2.44. The van der Waals surface area contributed by atoms with Crippen LogP contribution in [-0.4, -0.2) is 52.7 Å². The van der Waals surface area contributed by atoms with Crippen molar-refractivity contribution in [3.63, 3.8) is 0 Å². The van der Waals surface area contributed by atoms with Gasteiger partial charge in [-0.15, -0.1) is 0 Å². The molecule has 2 saturated heterocycles. The lowest BCUT2D eigenvalue weighted by Crippen LogP contribution is -2.47. The zero-order valence-corrected chi connectivity index (χ0v) is 17.1. The van der Waals surface area contributed by atoms with Gasteiger partial charge in [-0.3, -0.25) is 0 Å². The first kappa shape index (κ1) is 18.5. The summed E-state index contributed by atoms with van der Waals surface area (Å²) in [5.74, 6) is 2.25. The van der Waals surface area contributed by atoms with Gasteiger partial charge in [-0.2, -0.15) is 4.98 Å². The molecule has 3 aliphatic rings. The monoisotopic (exact) mass is 395 g/mol. The van der Waals surface area contributed by atoms with E-state index in [4.69, 9.17) is 20.4 Å². The van der Waals surface area contributed by atoms with Gasteiger partial charge >= 0.3 is 0 Å². The Balaban J connectivity index is 1.39. The summed E-state index contributed by atoms with van der Waals surface area (Å²) in [6.07, 6.45) is 7.84. The molecule has 0 aliphatic carbocycles. The van der Waals surface area contributed by atoms with Crippen LogP contribution >= 0.6 is 0 Å². The molecular formula is C21H29N7O. The third-order valence-corrected chi connectivity index (χ3v) is 6.46. The summed E-state index contributed by atoms with van der Waals surface area (Å²) in [6.45, 7) is 6.74. The molecular weight excluding hydrogens is 366 g/mol. The number of anilines is 3. The highest BCUT2D eigenvalue weighted by Gasteiger charge is 2.43. The van der Waals surface area contributed by atoms with E-state index in [9.17, 15) is 0 Å². The summed E-state index contributed by atoms with van der Waals surface area (Å²) in [7, 11) is 0.